The Hall–Kier alpha value is -0.570. The van der Waals surface area contributed by atoms with Gasteiger partial charge in [0.05, 0.1) is 12.6 Å². The topological polar surface area (TPSA) is 119 Å². The molecule has 142 valence electrons. The molecule has 1 rings (SSSR count). The van der Waals surface area contributed by atoms with Crippen LogP contribution in [0.25, 0.3) is 0 Å². The lowest BCUT2D eigenvalue weighted by molar-refractivity contribution is -0.302. The number of carbonyl (C=O) groups excluding carboxylic acids is 1. The van der Waals surface area contributed by atoms with Crippen LogP contribution in [0.3, 0.4) is 0 Å². The summed E-state index contributed by atoms with van der Waals surface area (Å²) in [4.78, 5) is 12.5. The molecule has 1 aliphatic heterocycles. The van der Waals surface area contributed by atoms with E-state index in [4.69, 9.17) is 6.11 Å². The SMILES string of the molecule is [2H]CN[C@@H]1[C@@H](O)[C@H](O)[C@@H](CO)OC1(O)C(=O)CCCCCCCCC. The van der Waals surface area contributed by atoms with Gasteiger partial charge in [0.15, 0.2) is 5.78 Å². The molecule has 0 aromatic heterocycles. The molecule has 5 N–H and O–H groups in total. The zero-order valence-electron chi connectivity index (χ0n) is 15.5. The molecular formula is C17H33NO6. The number of hydrogen-bond donors (Lipinski definition) is 5. The molecule has 0 aromatic rings. The molecule has 1 saturated heterocycles. The monoisotopic (exact) mass is 348 g/mol. The average molecular weight is 348 g/mol. The molecule has 0 bridgehead atoms. The van der Waals surface area contributed by atoms with E-state index < -0.39 is 42.5 Å². The number of aliphatic hydroxyl groups excluding tert-OH is 3. The first-order valence-corrected chi connectivity index (χ1v) is 8.85. The second-order valence-electron chi connectivity index (χ2n) is 6.49. The maximum atomic E-state index is 12.5. The van der Waals surface area contributed by atoms with Crippen LogP contribution < -0.4 is 5.32 Å². The van der Waals surface area contributed by atoms with E-state index in [1.807, 2.05) is 0 Å². The van der Waals surface area contributed by atoms with Crippen LogP contribution in [0.2, 0.25) is 0 Å². The second kappa shape index (κ2) is 10.4. The van der Waals surface area contributed by atoms with Crippen molar-refractivity contribution in [1.82, 2.24) is 5.32 Å². The summed E-state index contributed by atoms with van der Waals surface area (Å²) in [5, 5.41) is 42.5. The molecule has 0 spiro atoms. The first-order valence-electron chi connectivity index (χ1n) is 9.56. The van der Waals surface area contributed by atoms with Crippen molar-refractivity contribution in [3.63, 3.8) is 0 Å². The van der Waals surface area contributed by atoms with Gasteiger partial charge < -0.3 is 30.5 Å². The smallest absolute Gasteiger partial charge is 0.245 e. The second-order valence-corrected chi connectivity index (χ2v) is 6.49. The summed E-state index contributed by atoms with van der Waals surface area (Å²) in [6, 6.07) is -1.32. The van der Waals surface area contributed by atoms with Gasteiger partial charge in [-0.15, -0.1) is 0 Å². The van der Waals surface area contributed by atoms with E-state index in [1.165, 1.54) is 19.3 Å². The molecule has 0 aliphatic carbocycles. The van der Waals surface area contributed by atoms with E-state index in [0.29, 0.717) is 6.42 Å². The van der Waals surface area contributed by atoms with Crippen LogP contribution in [0, 0.1) is 0 Å². The predicted octanol–water partition coefficient (Wildman–Crippen LogP) is 0.0857. The fraction of sp³-hybridized carbons (Fsp3) is 0.941. The van der Waals surface area contributed by atoms with Crippen molar-refractivity contribution in [2.24, 2.45) is 0 Å². The van der Waals surface area contributed by atoms with Gasteiger partial charge in [0.25, 0.3) is 0 Å². The van der Waals surface area contributed by atoms with Crippen LogP contribution in [0.15, 0.2) is 0 Å². The van der Waals surface area contributed by atoms with Gasteiger partial charge in [-0.25, -0.2) is 0 Å². The molecule has 1 heterocycles. The molecular weight excluding hydrogens is 314 g/mol. The minimum Gasteiger partial charge on any atom is -0.394 e. The number of ether oxygens (including phenoxy) is 1. The molecule has 0 saturated carbocycles. The molecule has 5 atom stereocenters. The summed E-state index contributed by atoms with van der Waals surface area (Å²) in [6.07, 6.45) is 2.95. The third-order valence-electron chi connectivity index (χ3n) is 4.63. The standard InChI is InChI=1S/C17H33NO6/c1-3-4-5-6-7-8-9-10-13(20)17(23)16(18-2)15(22)14(21)12(11-19)24-17/h12,14-16,18-19,21-23H,3-11H2,1-2H3/t12-,14-,15+,16-,17?/m1/s1/i2D. The van der Waals surface area contributed by atoms with Crippen molar-refractivity contribution in [3.8, 4) is 0 Å². The number of hydrogen-bond acceptors (Lipinski definition) is 7. The Morgan fingerprint density at radius 1 is 1.17 bits per heavy atom. The minimum absolute atomic E-state index is 0.0709. The number of nitrogens with one attached hydrogen (secondary N) is 1. The van der Waals surface area contributed by atoms with E-state index in [2.05, 4.69) is 12.2 Å². The summed E-state index contributed by atoms with van der Waals surface area (Å²) in [7, 11) is -0.366. The van der Waals surface area contributed by atoms with Crippen LogP contribution in [-0.4, -0.2) is 70.0 Å². The number of likely N-dealkylation sites (N-methyl/N-ethyl adjacent to an activating group) is 1. The third-order valence-corrected chi connectivity index (χ3v) is 4.63. The van der Waals surface area contributed by atoms with Crippen molar-refractivity contribution < 1.29 is 31.3 Å². The molecule has 1 aliphatic rings. The first kappa shape index (κ1) is 19.8. The maximum Gasteiger partial charge on any atom is 0.245 e. The van der Waals surface area contributed by atoms with Crippen molar-refractivity contribution in [3.05, 3.63) is 0 Å². The van der Waals surface area contributed by atoms with Crippen LogP contribution in [0.4, 0.5) is 0 Å². The molecule has 1 unspecified atom stereocenters. The summed E-state index contributed by atoms with van der Waals surface area (Å²) in [5.74, 6) is -2.98. The number of ketones is 1. The van der Waals surface area contributed by atoms with E-state index >= 15 is 0 Å². The number of carbonyl (C=O) groups is 1. The van der Waals surface area contributed by atoms with Crippen molar-refractivity contribution >= 4 is 5.78 Å². The van der Waals surface area contributed by atoms with Gasteiger partial charge in [0, 0.05) is 7.79 Å². The van der Waals surface area contributed by atoms with E-state index in [9.17, 15) is 25.2 Å². The number of unbranched alkanes of at least 4 members (excludes halogenated alkanes) is 6. The van der Waals surface area contributed by atoms with Crippen molar-refractivity contribution in [1.29, 1.82) is 0 Å². The zero-order chi connectivity index (χ0) is 18.9. The fourth-order valence-corrected chi connectivity index (χ4v) is 3.09. The van der Waals surface area contributed by atoms with Crippen LogP contribution in [-0.2, 0) is 9.53 Å². The maximum absolute atomic E-state index is 12.5. The highest BCUT2D eigenvalue weighted by Gasteiger charge is 2.56. The van der Waals surface area contributed by atoms with E-state index in [1.54, 1.807) is 0 Å². The van der Waals surface area contributed by atoms with E-state index in [-0.39, 0.29) is 13.4 Å². The highest BCUT2D eigenvalue weighted by atomic mass is 16.7. The molecule has 24 heavy (non-hydrogen) atoms. The van der Waals surface area contributed by atoms with Gasteiger partial charge in [0.1, 0.15) is 18.3 Å². The molecule has 7 nitrogen and oxygen atoms in total. The van der Waals surface area contributed by atoms with Gasteiger partial charge in [0.2, 0.25) is 5.79 Å². The van der Waals surface area contributed by atoms with Gasteiger partial charge in [-0.3, -0.25) is 4.79 Å². The Morgan fingerprint density at radius 2 is 1.79 bits per heavy atom. The van der Waals surface area contributed by atoms with Gasteiger partial charge in [-0.2, -0.15) is 0 Å². The Kier molecular flexibility index (Phi) is 8.58. The minimum atomic E-state index is -2.37. The molecule has 0 amide bonds. The fourth-order valence-electron chi connectivity index (χ4n) is 3.09. The summed E-state index contributed by atoms with van der Waals surface area (Å²) >= 11 is 0. The van der Waals surface area contributed by atoms with Gasteiger partial charge in [-0.05, 0) is 13.4 Å². The Labute approximate surface area is 145 Å². The lowest BCUT2D eigenvalue weighted by Crippen LogP contribution is -2.71. The van der Waals surface area contributed by atoms with Crippen LogP contribution in [0.5, 0.6) is 0 Å². The molecule has 0 radical (unpaired) electrons. The highest BCUT2D eigenvalue weighted by Crippen LogP contribution is 2.30. The van der Waals surface area contributed by atoms with Crippen molar-refractivity contribution in [2.75, 3.05) is 13.6 Å². The summed E-state index contributed by atoms with van der Waals surface area (Å²) < 4.78 is 12.5. The number of aliphatic hydroxyl groups is 4. The van der Waals surface area contributed by atoms with Crippen molar-refractivity contribution in [2.45, 2.75) is 88.4 Å². The first-order chi connectivity index (χ1) is 11.9. The Bertz CT molecular complexity index is 399. The average Bonchev–Trinajstić information content (AvgIpc) is 2.60. The number of rotatable bonds is 11. The lowest BCUT2D eigenvalue weighted by Gasteiger charge is -2.46. The molecule has 7 heteroatoms. The summed E-state index contributed by atoms with van der Waals surface area (Å²) in [5.41, 5.74) is 0. The molecule has 1 fully saturated rings. The van der Waals surface area contributed by atoms with Crippen LogP contribution in [0.1, 0.15) is 59.7 Å². The quantitative estimate of drug-likeness (QED) is 0.336. The normalized spacial score (nSPS) is 34.1. The third kappa shape index (κ3) is 5.21. The Balaban J connectivity index is 2.61. The zero-order valence-corrected chi connectivity index (χ0v) is 14.5. The van der Waals surface area contributed by atoms with Gasteiger partial charge >= 0.3 is 0 Å². The summed E-state index contributed by atoms with van der Waals surface area (Å²) in [6.45, 7) is 1.51. The lowest BCUT2D eigenvalue weighted by atomic mass is 9.86. The largest absolute Gasteiger partial charge is 0.394 e. The Morgan fingerprint density at radius 3 is 2.38 bits per heavy atom. The molecule has 0 aromatic carbocycles. The number of Topliss-reactive ketones (excluding diaryl/α,β-unsaturated/α-hetero) is 1. The van der Waals surface area contributed by atoms with Crippen LogP contribution >= 0.6 is 0 Å². The van der Waals surface area contributed by atoms with Gasteiger partial charge in [-0.1, -0.05) is 45.4 Å². The van der Waals surface area contributed by atoms with E-state index in [0.717, 1.165) is 19.3 Å². The predicted molar refractivity (Wildman–Crippen MR) is 89.4 cm³/mol. The highest BCUT2D eigenvalue weighted by molar-refractivity contribution is 5.86.